The lowest BCUT2D eigenvalue weighted by molar-refractivity contribution is 0.103. The molecule has 0 unspecified atom stereocenters. The minimum Gasteiger partial charge on any atom is -0.497 e. The van der Waals surface area contributed by atoms with Crippen molar-refractivity contribution in [3.8, 4) is 5.75 Å². The Balaban J connectivity index is 2.41. The van der Waals surface area contributed by atoms with Gasteiger partial charge in [0.25, 0.3) is 0 Å². The van der Waals surface area contributed by atoms with E-state index in [0.29, 0.717) is 10.8 Å². The lowest BCUT2D eigenvalue weighted by Crippen LogP contribution is -2.04. The van der Waals surface area contributed by atoms with Crippen molar-refractivity contribution in [2.45, 2.75) is 0 Å². The third-order valence-electron chi connectivity index (χ3n) is 2.60. The van der Waals surface area contributed by atoms with Crippen LogP contribution in [0.2, 0.25) is 10.0 Å². The van der Waals surface area contributed by atoms with Gasteiger partial charge in [-0.05, 0) is 30.3 Å². The first-order valence-electron chi connectivity index (χ1n) is 5.36. The van der Waals surface area contributed by atoms with E-state index in [2.05, 4.69) is 0 Å². The molecule has 0 saturated carbocycles. The molecular formula is C14H9Cl2FO2. The van der Waals surface area contributed by atoms with Crippen molar-refractivity contribution >= 4 is 29.0 Å². The minimum atomic E-state index is -0.643. The van der Waals surface area contributed by atoms with Crippen LogP contribution in [-0.4, -0.2) is 12.9 Å². The van der Waals surface area contributed by atoms with Gasteiger partial charge in [-0.1, -0.05) is 23.2 Å². The number of hydrogen-bond donors (Lipinski definition) is 0. The van der Waals surface area contributed by atoms with Crippen LogP contribution in [0.15, 0.2) is 36.4 Å². The maximum absolute atomic E-state index is 13.8. The summed E-state index contributed by atoms with van der Waals surface area (Å²) in [5, 5.41) is 0.592. The van der Waals surface area contributed by atoms with E-state index < -0.39 is 11.6 Å². The Kier molecular flexibility index (Phi) is 4.08. The fourth-order valence-corrected chi connectivity index (χ4v) is 1.90. The van der Waals surface area contributed by atoms with E-state index in [9.17, 15) is 9.18 Å². The van der Waals surface area contributed by atoms with Gasteiger partial charge in [-0.2, -0.15) is 0 Å². The fourth-order valence-electron chi connectivity index (χ4n) is 1.60. The molecule has 0 atom stereocenters. The van der Waals surface area contributed by atoms with Crippen molar-refractivity contribution in [3.63, 3.8) is 0 Å². The quantitative estimate of drug-likeness (QED) is 0.787. The molecule has 2 rings (SSSR count). The highest BCUT2D eigenvalue weighted by molar-refractivity contribution is 6.42. The van der Waals surface area contributed by atoms with Crippen molar-refractivity contribution in [1.82, 2.24) is 0 Å². The van der Waals surface area contributed by atoms with Crippen molar-refractivity contribution in [3.05, 3.63) is 63.4 Å². The summed E-state index contributed by atoms with van der Waals surface area (Å²) in [4.78, 5) is 12.1. The van der Waals surface area contributed by atoms with E-state index in [1.807, 2.05) is 0 Å². The van der Waals surface area contributed by atoms with Gasteiger partial charge >= 0.3 is 0 Å². The van der Waals surface area contributed by atoms with Crippen molar-refractivity contribution in [2.24, 2.45) is 0 Å². The van der Waals surface area contributed by atoms with Crippen LogP contribution in [-0.2, 0) is 0 Å². The van der Waals surface area contributed by atoms with Crippen molar-refractivity contribution in [2.75, 3.05) is 7.11 Å². The average molecular weight is 299 g/mol. The highest BCUT2D eigenvalue weighted by atomic mass is 35.5. The summed E-state index contributed by atoms with van der Waals surface area (Å²) in [7, 11) is 1.43. The smallest absolute Gasteiger partial charge is 0.196 e. The standard InChI is InChI=1S/C14H9Cl2FO2/c1-19-9-3-4-10(13(17)7-9)14(18)8-2-5-11(15)12(16)6-8/h2-7H,1H3. The molecule has 0 amide bonds. The first-order chi connectivity index (χ1) is 9.02. The van der Waals surface area contributed by atoms with Crippen LogP contribution >= 0.6 is 23.2 Å². The molecule has 0 N–H and O–H groups in total. The molecule has 0 fully saturated rings. The lowest BCUT2D eigenvalue weighted by Gasteiger charge is -2.06. The van der Waals surface area contributed by atoms with Crippen LogP contribution in [0.25, 0.3) is 0 Å². The maximum Gasteiger partial charge on any atom is 0.196 e. The van der Waals surface area contributed by atoms with Gasteiger partial charge in [-0.3, -0.25) is 4.79 Å². The van der Waals surface area contributed by atoms with Gasteiger partial charge < -0.3 is 4.74 Å². The zero-order valence-corrected chi connectivity index (χ0v) is 11.4. The number of rotatable bonds is 3. The number of ketones is 1. The van der Waals surface area contributed by atoms with Crippen LogP contribution in [0, 0.1) is 5.82 Å². The van der Waals surface area contributed by atoms with E-state index in [1.54, 1.807) is 0 Å². The van der Waals surface area contributed by atoms with Crippen molar-refractivity contribution < 1.29 is 13.9 Å². The number of benzene rings is 2. The summed E-state index contributed by atoms with van der Waals surface area (Å²) >= 11 is 11.6. The molecule has 2 aromatic rings. The molecule has 0 aliphatic heterocycles. The summed E-state index contributed by atoms with van der Waals surface area (Å²) in [6.07, 6.45) is 0. The number of halogens is 3. The third-order valence-corrected chi connectivity index (χ3v) is 3.34. The normalized spacial score (nSPS) is 10.3. The topological polar surface area (TPSA) is 26.3 Å². The monoisotopic (exact) mass is 298 g/mol. The molecule has 98 valence electrons. The van der Waals surface area contributed by atoms with E-state index in [1.165, 1.54) is 37.4 Å². The number of methoxy groups -OCH3 is 1. The largest absolute Gasteiger partial charge is 0.497 e. The highest BCUT2D eigenvalue weighted by Crippen LogP contribution is 2.25. The number of carbonyl (C=O) groups is 1. The van der Waals surface area contributed by atoms with Crippen LogP contribution < -0.4 is 4.74 Å². The second-order valence-corrected chi connectivity index (χ2v) is 4.62. The van der Waals surface area contributed by atoms with E-state index in [4.69, 9.17) is 27.9 Å². The zero-order valence-electron chi connectivity index (χ0n) is 9.91. The molecule has 0 radical (unpaired) electrons. The second kappa shape index (κ2) is 5.59. The second-order valence-electron chi connectivity index (χ2n) is 3.80. The van der Waals surface area contributed by atoms with Crippen LogP contribution in [0.4, 0.5) is 4.39 Å². The Morgan fingerprint density at radius 1 is 1.11 bits per heavy atom. The van der Waals surface area contributed by atoms with Crippen molar-refractivity contribution in [1.29, 1.82) is 0 Å². The fraction of sp³-hybridized carbons (Fsp3) is 0.0714. The van der Waals surface area contributed by atoms with Gasteiger partial charge in [0.1, 0.15) is 11.6 Å². The molecule has 0 spiro atoms. The van der Waals surface area contributed by atoms with E-state index in [0.717, 1.165) is 6.07 Å². The molecule has 0 aromatic heterocycles. The zero-order chi connectivity index (χ0) is 14.0. The maximum atomic E-state index is 13.8. The molecule has 0 aliphatic carbocycles. The van der Waals surface area contributed by atoms with Crippen LogP contribution in [0.5, 0.6) is 5.75 Å². The molecule has 5 heteroatoms. The van der Waals surface area contributed by atoms with Gasteiger partial charge in [0.2, 0.25) is 0 Å². The Bertz CT molecular complexity index is 641. The van der Waals surface area contributed by atoms with Gasteiger partial charge in [0.15, 0.2) is 5.78 Å². The molecule has 0 saturated heterocycles. The third kappa shape index (κ3) is 2.88. The molecule has 2 aromatic carbocycles. The Morgan fingerprint density at radius 3 is 2.42 bits per heavy atom. The molecule has 2 nitrogen and oxygen atoms in total. The number of carbonyl (C=O) groups excluding carboxylic acids is 1. The predicted molar refractivity (Wildman–Crippen MR) is 72.8 cm³/mol. The van der Waals surface area contributed by atoms with Crippen LogP contribution in [0.3, 0.4) is 0 Å². The number of hydrogen-bond acceptors (Lipinski definition) is 2. The van der Waals surface area contributed by atoms with E-state index >= 15 is 0 Å². The highest BCUT2D eigenvalue weighted by Gasteiger charge is 2.15. The first-order valence-corrected chi connectivity index (χ1v) is 6.12. The Hall–Kier alpha value is -1.58. The Labute approximate surface area is 119 Å². The molecular weight excluding hydrogens is 290 g/mol. The molecule has 0 aliphatic rings. The van der Waals surface area contributed by atoms with Gasteiger partial charge in [0, 0.05) is 11.6 Å². The summed E-state index contributed by atoms with van der Waals surface area (Å²) in [6, 6.07) is 8.46. The summed E-state index contributed by atoms with van der Waals surface area (Å²) in [5.41, 5.74) is 0.234. The Morgan fingerprint density at radius 2 is 1.84 bits per heavy atom. The summed E-state index contributed by atoms with van der Waals surface area (Å²) in [6.45, 7) is 0. The van der Waals surface area contributed by atoms with Gasteiger partial charge in [-0.25, -0.2) is 4.39 Å². The average Bonchev–Trinajstić information content (AvgIpc) is 2.41. The predicted octanol–water partition coefficient (Wildman–Crippen LogP) is 4.37. The number of ether oxygens (including phenoxy) is 1. The molecule has 19 heavy (non-hydrogen) atoms. The molecule has 0 bridgehead atoms. The minimum absolute atomic E-state index is 0.0424. The van der Waals surface area contributed by atoms with E-state index in [-0.39, 0.29) is 16.1 Å². The molecule has 0 heterocycles. The SMILES string of the molecule is COc1ccc(C(=O)c2ccc(Cl)c(Cl)c2)c(F)c1. The summed E-state index contributed by atoms with van der Waals surface area (Å²) in [5.74, 6) is -0.752. The first kappa shape index (κ1) is 13.8. The lowest BCUT2D eigenvalue weighted by atomic mass is 10.0. The van der Waals surface area contributed by atoms with Crippen LogP contribution in [0.1, 0.15) is 15.9 Å². The summed E-state index contributed by atoms with van der Waals surface area (Å²) < 4.78 is 18.7. The van der Waals surface area contributed by atoms with Gasteiger partial charge in [-0.15, -0.1) is 0 Å². The van der Waals surface area contributed by atoms with Gasteiger partial charge in [0.05, 0.1) is 22.7 Å².